The molecular weight excluding hydrogens is 206 g/mol. The van der Waals surface area contributed by atoms with Gasteiger partial charge in [0.25, 0.3) is 0 Å². The number of ether oxygens (including phenoxy) is 1. The van der Waals surface area contributed by atoms with Crippen LogP contribution < -0.4 is 5.32 Å². The zero-order valence-corrected chi connectivity index (χ0v) is 9.71. The number of nitrogens with one attached hydrogen (secondary N) is 1. The summed E-state index contributed by atoms with van der Waals surface area (Å²) < 4.78 is 5.24. The van der Waals surface area contributed by atoms with Crippen molar-refractivity contribution in [2.24, 2.45) is 5.92 Å². The van der Waals surface area contributed by atoms with E-state index in [9.17, 15) is 9.90 Å². The Bertz CT molecular complexity index is 243. The molecule has 0 unspecified atom stereocenters. The van der Waals surface area contributed by atoms with Crippen LogP contribution >= 0.6 is 0 Å². The average Bonchev–Trinajstić information content (AvgIpc) is 2.80. The van der Waals surface area contributed by atoms with E-state index >= 15 is 0 Å². The van der Waals surface area contributed by atoms with Crippen molar-refractivity contribution >= 4 is 5.97 Å². The molecule has 2 rings (SSSR count). The summed E-state index contributed by atoms with van der Waals surface area (Å²) in [6.45, 7) is 1.97. The first-order valence-corrected chi connectivity index (χ1v) is 6.29. The van der Waals surface area contributed by atoms with Gasteiger partial charge in [-0.05, 0) is 38.1 Å². The van der Waals surface area contributed by atoms with E-state index < -0.39 is 11.5 Å². The van der Waals surface area contributed by atoms with E-state index in [2.05, 4.69) is 5.32 Å². The van der Waals surface area contributed by atoms with Gasteiger partial charge in [-0.2, -0.15) is 0 Å². The van der Waals surface area contributed by atoms with Gasteiger partial charge in [0.1, 0.15) is 5.54 Å². The van der Waals surface area contributed by atoms with Crippen LogP contribution in [-0.4, -0.2) is 36.4 Å². The van der Waals surface area contributed by atoms with Gasteiger partial charge in [0.15, 0.2) is 0 Å². The minimum Gasteiger partial charge on any atom is -0.480 e. The summed E-state index contributed by atoms with van der Waals surface area (Å²) in [5.74, 6) is -0.0344. The van der Waals surface area contributed by atoms with Crippen molar-refractivity contribution < 1.29 is 14.6 Å². The maximum Gasteiger partial charge on any atom is 0.324 e. The Morgan fingerprint density at radius 3 is 2.50 bits per heavy atom. The Labute approximate surface area is 96.4 Å². The number of hydrogen-bond acceptors (Lipinski definition) is 3. The van der Waals surface area contributed by atoms with Crippen LogP contribution in [0.1, 0.15) is 38.5 Å². The first-order chi connectivity index (χ1) is 7.73. The third-order valence-electron chi connectivity index (χ3n) is 3.96. The molecule has 0 aromatic carbocycles. The van der Waals surface area contributed by atoms with E-state index in [0.29, 0.717) is 32.0 Å². The van der Waals surface area contributed by atoms with Crippen LogP contribution in [0.3, 0.4) is 0 Å². The number of carboxylic acids is 1. The highest BCUT2D eigenvalue weighted by molar-refractivity contribution is 5.78. The van der Waals surface area contributed by atoms with Crippen LogP contribution in [0.4, 0.5) is 0 Å². The predicted molar refractivity (Wildman–Crippen MR) is 60.4 cm³/mol. The normalized spacial score (nSPS) is 25.8. The van der Waals surface area contributed by atoms with Crippen LogP contribution in [0.2, 0.25) is 0 Å². The standard InChI is InChI=1S/C12H21NO3/c14-11(15)12(5-7-16-8-6-12)13-9-10-3-1-2-4-10/h10,13H,1-9H2,(H,14,15). The monoisotopic (exact) mass is 227 g/mol. The Morgan fingerprint density at radius 2 is 1.94 bits per heavy atom. The van der Waals surface area contributed by atoms with E-state index in [4.69, 9.17) is 4.74 Å². The summed E-state index contributed by atoms with van der Waals surface area (Å²) in [5, 5.41) is 12.6. The van der Waals surface area contributed by atoms with Crippen molar-refractivity contribution in [1.82, 2.24) is 5.32 Å². The zero-order valence-electron chi connectivity index (χ0n) is 9.71. The van der Waals surface area contributed by atoms with Crippen molar-refractivity contribution in [3.05, 3.63) is 0 Å². The summed E-state index contributed by atoms with van der Waals surface area (Å²) in [6, 6.07) is 0. The lowest BCUT2D eigenvalue weighted by Gasteiger charge is -2.35. The predicted octanol–water partition coefficient (Wildman–Crippen LogP) is 1.40. The molecule has 0 spiro atoms. The smallest absolute Gasteiger partial charge is 0.324 e. The van der Waals surface area contributed by atoms with Crippen LogP contribution in [0, 0.1) is 5.92 Å². The van der Waals surface area contributed by atoms with Gasteiger partial charge in [-0.3, -0.25) is 4.79 Å². The molecule has 0 aromatic heterocycles. The molecular formula is C12H21NO3. The maximum atomic E-state index is 11.4. The van der Waals surface area contributed by atoms with Gasteiger partial charge in [0.05, 0.1) is 0 Å². The largest absolute Gasteiger partial charge is 0.480 e. The molecule has 1 aliphatic carbocycles. The number of aliphatic carboxylic acids is 1. The van der Waals surface area contributed by atoms with Crippen LogP contribution in [0.25, 0.3) is 0 Å². The lowest BCUT2D eigenvalue weighted by atomic mass is 9.89. The SMILES string of the molecule is O=C(O)C1(NCC2CCCC2)CCOCC1. The second kappa shape index (κ2) is 5.15. The van der Waals surface area contributed by atoms with Crippen LogP contribution in [0.5, 0.6) is 0 Å². The molecule has 2 fully saturated rings. The summed E-state index contributed by atoms with van der Waals surface area (Å²) in [4.78, 5) is 11.4. The van der Waals surface area contributed by atoms with Gasteiger partial charge in [-0.25, -0.2) is 0 Å². The van der Waals surface area contributed by atoms with Crippen molar-refractivity contribution in [2.45, 2.75) is 44.1 Å². The van der Waals surface area contributed by atoms with E-state index in [1.807, 2.05) is 0 Å². The van der Waals surface area contributed by atoms with Crippen molar-refractivity contribution in [2.75, 3.05) is 19.8 Å². The molecule has 4 heteroatoms. The molecule has 1 heterocycles. The number of carboxylic acid groups (broad SMARTS) is 1. The highest BCUT2D eigenvalue weighted by Gasteiger charge is 2.40. The topological polar surface area (TPSA) is 58.6 Å². The molecule has 16 heavy (non-hydrogen) atoms. The average molecular weight is 227 g/mol. The molecule has 2 N–H and O–H groups in total. The molecule has 4 nitrogen and oxygen atoms in total. The van der Waals surface area contributed by atoms with Gasteiger partial charge in [-0.1, -0.05) is 12.8 Å². The van der Waals surface area contributed by atoms with E-state index in [1.165, 1.54) is 25.7 Å². The van der Waals surface area contributed by atoms with Gasteiger partial charge in [0.2, 0.25) is 0 Å². The summed E-state index contributed by atoms with van der Waals surface area (Å²) >= 11 is 0. The van der Waals surface area contributed by atoms with E-state index in [0.717, 1.165) is 6.54 Å². The second-order valence-corrected chi connectivity index (χ2v) is 5.03. The van der Waals surface area contributed by atoms with Crippen molar-refractivity contribution in [3.63, 3.8) is 0 Å². The Hall–Kier alpha value is -0.610. The first kappa shape index (κ1) is 11.9. The van der Waals surface area contributed by atoms with Gasteiger partial charge < -0.3 is 15.2 Å². The Kier molecular flexibility index (Phi) is 3.82. The van der Waals surface area contributed by atoms with Gasteiger partial charge in [-0.15, -0.1) is 0 Å². The fourth-order valence-electron chi connectivity index (χ4n) is 2.74. The molecule has 1 saturated carbocycles. The lowest BCUT2D eigenvalue weighted by Crippen LogP contribution is -2.56. The van der Waals surface area contributed by atoms with E-state index in [1.54, 1.807) is 0 Å². The number of carbonyl (C=O) groups is 1. The highest BCUT2D eigenvalue weighted by atomic mass is 16.5. The number of rotatable bonds is 4. The summed E-state index contributed by atoms with van der Waals surface area (Å²) in [5.41, 5.74) is -0.721. The first-order valence-electron chi connectivity index (χ1n) is 6.29. The van der Waals surface area contributed by atoms with Crippen molar-refractivity contribution in [3.8, 4) is 0 Å². The molecule has 92 valence electrons. The Morgan fingerprint density at radius 1 is 1.31 bits per heavy atom. The molecule has 0 atom stereocenters. The quantitative estimate of drug-likeness (QED) is 0.762. The van der Waals surface area contributed by atoms with Crippen LogP contribution in [0.15, 0.2) is 0 Å². The third kappa shape index (κ3) is 2.55. The molecule has 0 aromatic rings. The molecule has 0 radical (unpaired) electrons. The molecule has 2 aliphatic rings. The molecule has 1 aliphatic heterocycles. The van der Waals surface area contributed by atoms with Gasteiger partial charge >= 0.3 is 5.97 Å². The highest BCUT2D eigenvalue weighted by Crippen LogP contribution is 2.26. The number of hydrogen-bond donors (Lipinski definition) is 2. The van der Waals surface area contributed by atoms with Crippen LogP contribution in [-0.2, 0) is 9.53 Å². The lowest BCUT2D eigenvalue weighted by molar-refractivity contribution is -0.149. The van der Waals surface area contributed by atoms with Gasteiger partial charge in [0, 0.05) is 13.2 Å². The fourth-order valence-corrected chi connectivity index (χ4v) is 2.74. The van der Waals surface area contributed by atoms with Crippen molar-refractivity contribution in [1.29, 1.82) is 0 Å². The molecule has 1 saturated heterocycles. The maximum absolute atomic E-state index is 11.4. The minimum absolute atomic E-state index is 0.559. The summed E-state index contributed by atoms with van der Waals surface area (Å²) in [7, 11) is 0. The minimum atomic E-state index is -0.721. The Balaban J connectivity index is 1.88. The third-order valence-corrected chi connectivity index (χ3v) is 3.96. The molecule has 0 bridgehead atoms. The summed E-state index contributed by atoms with van der Waals surface area (Å²) in [6.07, 6.45) is 6.29. The second-order valence-electron chi connectivity index (χ2n) is 5.03. The van der Waals surface area contributed by atoms with E-state index in [-0.39, 0.29) is 0 Å². The molecule has 0 amide bonds. The zero-order chi connectivity index (χ0) is 11.4. The fraction of sp³-hybridized carbons (Fsp3) is 0.917.